The van der Waals surface area contributed by atoms with Gasteiger partial charge in [0.2, 0.25) is 0 Å². The predicted octanol–water partition coefficient (Wildman–Crippen LogP) is 6.56. The minimum atomic E-state index is -0.203. The monoisotopic (exact) mass is 358 g/mol. The Balaban J connectivity index is 2.33. The van der Waals surface area contributed by atoms with E-state index in [0.717, 1.165) is 21.6 Å². The lowest BCUT2D eigenvalue weighted by Crippen LogP contribution is -1.92. The maximum absolute atomic E-state index is 14.5. The van der Waals surface area contributed by atoms with Crippen molar-refractivity contribution in [3.05, 3.63) is 78.6 Å². The zero-order valence-electron chi connectivity index (χ0n) is 11.1. The lowest BCUT2D eigenvalue weighted by atomic mass is 9.94. The van der Waals surface area contributed by atoms with E-state index in [0.29, 0.717) is 5.56 Å². The minimum absolute atomic E-state index is 0.203. The normalized spacial score (nSPS) is 10.6. The lowest BCUT2D eigenvalue weighted by Gasteiger charge is -2.15. The highest BCUT2D eigenvalue weighted by Crippen LogP contribution is 2.42. The second kappa shape index (κ2) is 6.46. The van der Waals surface area contributed by atoms with Gasteiger partial charge in [0.15, 0.2) is 0 Å². The van der Waals surface area contributed by atoms with Crippen molar-refractivity contribution in [1.82, 2.24) is 0 Å². The summed E-state index contributed by atoms with van der Waals surface area (Å²) in [4.78, 5) is 1.00. The van der Waals surface area contributed by atoms with Gasteiger partial charge in [-0.25, -0.2) is 4.39 Å². The first kappa shape index (κ1) is 14.4. The summed E-state index contributed by atoms with van der Waals surface area (Å²) in [6.07, 6.45) is 0. The molecule has 0 radical (unpaired) electrons. The molecule has 104 valence electrons. The zero-order valence-corrected chi connectivity index (χ0v) is 13.5. The van der Waals surface area contributed by atoms with Crippen molar-refractivity contribution >= 4 is 25.0 Å². The molecule has 0 amide bonds. The first-order valence-corrected chi connectivity index (χ1v) is 9.19. The summed E-state index contributed by atoms with van der Waals surface area (Å²) < 4.78 is 14.5. The molecule has 3 aromatic rings. The second-order valence-corrected chi connectivity index (χ2v) is 6.17. The van der Waals surface area contributed by atoms with Crippen molar-refractivity contribution in [2.45, 2.75) is 4.90 Å². The van der Waals surface area contributed by atoms with Crippen LogP contribution in [0.1, 0.15) is 0 Å². The van der Waals surface area contributed by atoms with Crippen LogP contribution in [0.25, 0.3) is 22.3 Å². The molecule has 3 aromatic carbocycles. The smallest absolute Gasteiger partial charge is 0.131 e. The topological polar surface area (TPSA) is 0 Å². The molecular formula is C18H12BrFS. The minimum Gasteiger partial charge on any atom is -0.206 e. The van der Waals surface area contributed by atoms with Crippen LogP contribution < -0.4 is 0 Å². The number of rotatable bonds is 3. The highest BCUT2D eigenvalue weighted by Gasteiger charge is 2.16. The van der Waals surface area contributed by atoms with Crippen molar-refractivity contribution in [3.8, 4) is 22.3 Å². The van der Waals surface area contributed by atoms with Gasteiger partial charge in [0.25, 0.3) is 0 Å². The van der Waals surface area contributed by atoms with Gasteiger partial charge in [0.05, 0.1) is 0 Å². The zero-order chi connectivity index (χ0) is 14.7. The van der Waals surface area contributed by atoms with Gasteiger partial charge in [-0.3, -0.25) is 0 Å². The van der Waals surface area contributed by atoms with E-state index in [1.54, 1.807) is 0 Å². The molecular weight excluding hydrogens is 347 g/mol. The summed E-state index contributed by atoms with van der Waals surface area (Å²) in [7, 11) is 1.45. The first-order chi connectivity index (χ1) is 10.3. The molecule has 0 unspecified atom stereocenters. The van der Waals surface area contributed by atoms with Gasteiger partial charge in [0, 0.05) is 16.0 Å². The summed E-state index contributed by atoms with van der Waals surface area (Å²) in [6, 6.07) is 22.9. The molecule has 3 rings (SSSR count). The van der Waals surface area contributed by atoms with E-state index < -0.39 is 0 Å². The molecule has 21 heavy (non-hydrogen) atoms. The van der Waals surface area contributed by atoms with E-state index in [1.165, 1.54) is 16.3 Å². The molecule has 0 aliphatic rings. The Morgan fingerprint density at radius 2 is 1.19 bits per heavy atom. The molecule has 0 saturated carbocycles. The molecule has 0 aromatic heterocycles. The SMILES string of the molecule is Fc1ccc(SBr)c(-c2ccccc2)c1-c1ccccc1. The van der Waals surface area contributed by atoms with E-state index in [-0.39, 0.29) is 5.82 Å². The fourth-order valence-electron chi connectivity index (χ4n) is 2.40. The van der Waals surface area contributed by atoms with Crippen LogP contribution in [-0.2, 0) is 0 Å². The van der Waals surface area contributed by atoms with E-state index in [4.69, 9.17) is 0 Å². The number of halogens is 2. The molecule has 0 heterocycles. The summed E-state index contributed by atoms with van der Waals surface area (Å²) in [6.45, 7) is 0. The Hall–Kier alpha value is -1.58. The van der Waals surface area contributed by atoms with Crippen molar-refractivity contribution in [2.75, 3.05) is 0 Å². The van der Waals surface area contributed by atoms with Crippen molar-refractivity contribution in [1.29, 1.82) is 0 Å². The fourth-order valence-corrected chi connectivity index (χ4v) is 3.63. The number of hydrogen-bond acceptors (Lipinski definition) is 1. The Morgan fingerprint density at radius 1 is 0.667 bits per heavy atom. The number of benzene rings is 3. The molecule has 0 aliphatic heterocycles. The third-order valence-corrected chi connectivity index (χ3v) is 4.88. The van der Waals surface area contributed by atoms with E-state index in [1.807, 2.05) is 66.7 Å². The maximum atomic E-state index is 14.5. The highest BCUT2D eigenvalue weighted by atomic mass is 79.9. The average molecular weight is 359 g/mol. The van der Waals surface area contributed by atoms with Crippen LogP contribution in [0.5, 0.6) is 0 Å². The molecule has 0 fully saturated rings. The molecule has 3 heteroatoms. The quantitative estimate of drug-likeness (QED) is 0.510. The average Bonchev–Trinajstić information content (AvgIpc) is 2.56. The Bertz CT molecular complexity index is 742. The van der Waals surface area contributed by atoms with E-state index in [2.05, 4.69) is 14.8 Å². The standard InChI is InChI=1S/C18H12BrFS/c19-21-16-12-11-15(20)17(13-7-3-1-4-8-13)18(16)14-9-5-2-6-10-14/h1-12H. The maximum Gasteiger partial charge on any atom is 0.131 e. The van der Waals surface area contributed by atoms with Crippen molar-refractivity contribution in [3.63, 3.8) is 0 Å². The van der Waals surface area contributed by atoms with Crippen LogP contribution in [0.2, 0.25) is 0 Å². The summed E-state index contributed by atoms with van der Waals surface area (Å²) in [5, 5.41) is 0. The third kappa shape index (κ3) is 2.89. The van der Waals surface area contributed by atoms with Crippen molar-refractivity contribution < 1.29 is 4.39 Å². The van der Waals surface area contributed by atoms with E-state index in [9.17, 15) is 4.39 Å². The molecule has 0 spiro atoms. The van der Waals surface area contributed by atoms with Crippen LogP contribution in [-0.4, -0.2) is 0 Å². The van der Waals surface area contributed by atoms with Gasteiger partial charge in [-0.2, -0.15) is 0 Å². The van der Waals surface area contributed by atoms with Crippen LogP contribution >= 0.6 is 25.0 Å². The van der Waals surface area contributed by atoms with E-state index >= 15 is 0 Å². The van der Waals surface area contributed by atoms with Gasteiger partial charge in [-0.1, -0.05) is 60.7 Å². The largest absolute Gasteiger partial charge is 0.206 e. The Labute approximate surface area is 135 Å². The highest BCUT2D eigenvalue weighted by molar-refractivity contribution is 9.50. The summed E-state index contributed by atoms with van der Waals surface area (Å²) in [5.74, 6) is -0.203. The number of hydrogen-bond donors (Lipinski definition) is 0. The molecule has 0 bridgehead atoms. The second-order valence-electron chi connectivity index (χ2n) is 4.60. The van der Waals surface area contributed by atoms with Gasteiger partial charge in [-0.15, -0.1) is 0 Å². The molecule has 0 atom stereocenters. The lowest BCUT2D eigenvalue weighted by molar-refractivity contribution is 0.630. The summed E-state index contributed by atoms with van der Waals surface area (Å²) in [5.41, 5.74) is 3.46. The van der Waals surface area contributed by atoms with Gasteiger partial charge >= 0.3 is 0 Å². The molecule has 0 aliphatic carbocycles. The van der Waals surface area contributed by atoms with Crippen LogP contribution in [0.4, 0.5) is 4.39 Å². The predicted molar refractivity (Wildman–Crippen MR) is 92.1 cm³/mol. The molecule has 0 N–H and O–H groups in total. The summed E-state index contributed by atoms with van der Waals surface area (Å²) >= 11 is 3.43. The van der Waals surface area contributed by atoms with Crippen LogP contribution in [0, 0.1) is 5.82 Å². The molecule has 0 nitrogen and oxygen atoms in total. The van der Waals surface area contributed by atoms with Gasteiger partial charge < -0.3 is 0 Å². The fraction of sp³-hybridized carbons (Fsp3) is 0. The Kier molecular flexibility index (Phi) is 4.42. The van der Waals surface area contributed by atoms with Gasteiger partial charge in [0.1, 0.15) is 5.82 Å². The van der Waals surface area contributed by atoms with Crippen LogP contribution in [0.15, 0.2) is 77.7 Å². The first-order valence-electron chi connectivity index (χ1n) is 6.53. The molecule has 0 saturated heterocycles. The van der Waals surface area contributed by atoms with Crippen molar-refractivity contribution in [2.24, 2.45) is 0 Å². The van der Waals surface area contributed by atoms with Gasteiger partial charge in [-0.05, 0) is 48.3 Å². The van der Waals surface area contributed by atoms with Crippen LogP contribution in [0.3, 0.4) is 0 Å². The Morgan fingerprint density at radius 3 is 1.71 bits per heavy atom. The third-order valence-electron chi connectivity index (χ3n) is 3.32.